The van der Waals surface area contributed by atoms with Crippen LogP contribution in [-0.2, 0) is 25.5 Å². The molecule has 0 aliphatic carbocycles. The minimum absolute atomic E-state index is 0.127. The third kappa shape index (κ3) is 6.03. The monoisotopic (exact) mass is 297 g/mol. The lowest BCUT2D eigenvalue weighted by molar-refractivity contribution is -0.150. The quantitative estimate of drug-likeness (QED) is 0.729. The highest BCUT2D eigenvalue weighted by atomic mass is 19.1. The van der Waals surface area contributed by atoms with Crippen molar-refractivity contribution in [3.8, 4) is 0 Å². The number of carbonyl (C=O) groups excluding carboxylic acids is 2. The minimum Gasteiger partial charge on any atom is -0.480 e. The molecular formula is C14H16FNO5. The lowest BCUT2D eigenvalue weighted by Crippen LogP contribution is -2.43. The zero-order chi connectivity index (χ0) is 15.8. The van der Waals surface area contributed by atoms with Crippen molar-refractivity contribution in [1.29, 1.82) is 0 Å². The van der Waals surface area contributed by atoms with Gasteiger partial charge in [-0.1, -0.05) is 12.1 Å². The predicted octanol–water partition coefficient (Wildman–Crippen LogP) is 0.891. The maximum Gasteiger partial charge on any atom is 0.326 e. The summed E-state index contributed by atoms with van der Waals surface area (Å²) in [5.41, 5.74) is 0.410. The van der Waals surface area contributed by atoms with Crippen LogP contribution in [0.25, 0.3) is 0 Å². The number of nitrogens with one attached hydrogen (secondary N) is 1. The van der Waals surface area contributed by atoms with E-state index in [1.165, 1.54) is 18.2 Å². The molecule has 0 heterocycles. The molecule has 21 heavy (non-hydrogen) atoms. The third-order valence-corrected chi connectivity index (χ3v) is 2.56. The summed E-state index contributed by atoms with van der Waals surface area (Å²) in [7, 11) is 0. The average molecular weight is 297 g/mol. The van der Waals surface area contributed by atoms with Gasteiger partial charge in [-0.05, 0) is 24.6 Å². The van der Waals surface area contributed by atoms with Gasteiger partial charge >= 0.3 is 11.9 Å². The number of halogens is 1. The lowest BCUT2D eigenvalue weighted by Gasteiger charge is -2.13. The SMILES string of the molecule is CCOC(=O)C[C@@H](NC(=O)Cc1cccc(F)c1)C(=O)O. The third-order valence-electron chi connectivity index (χ3n) is 2.56. The zero-order valence-electron chi connectivity index (χ0n) is 11.5. The highest BCUT2D eigenvalue weighted by Gasteiger charge is 2.23. The van der Waals surface area contributed by atoms with E-state index in [1.54, 1.807) is 13.0 Å². The Morgan fingerprint density at radius 1 is 1.38 bits per heavy atom. The maximum atomic E-state index is 13.0. The molecule has 1 aromatic carbocycles. The number of rotatable bonds is 7. The first-order chi connectivity index (χ1) is 9.92. The van der Waals surface area contributed by atoms with Crippen molar-refractivity contribution in [2.45, 2.75) is 25.8 Å². The molecule has 1 atom stereocenters. The van der Waals surface area contributed by atoms with Crippen molar-refractivity contribution in [3.63, 3.8) is 0 Å². The fourth-order valence-corrected chi connectivity index (χ4v) is 1.66. The zero-order valence-corrected chi connectivity index (χ0v) is 11.5. The molecule has 0 unspecified atom stereocenters. The van der Waals surface area contributed by atoms with Gasteiger partial charge in [0, 0.05) is 0 Å². The van der Waals surface area contributed by atoms with Gasteiger partial charge in [0.1, 0.15) is 11.9 Å². The van der Waals surface area contributed by atoms with Crippen molar-refractivity contribution in [2.24, 2.45) is 0 Å². The number of carboxylic acid groups (broad SMARTS) is 1. The minimum atomic E-state index is -1.37. The van der Waals surface area contributed by atoms with Crippen LogP contribution < -0.4 is 5.32 Å². The van der Waals surface area contributed by atoms with Crippen LogP contribution in [0.15, 0.2) is 24.3 Å². The molecule has 1 amide bonds. The number of hydrogen-bond acceptors (Lipinski definition) is 4. The number of ether oxygens (including phenoxy) is 1. The molecule has 114 valence electrons. The number of benzene rings is 1. The first-order valence-corrected chi connectivity index (χ1v) is 6.34. The fourth-order valence-electron chi connectivity index (χ4n) is 1.66. The molecule has 0 aliphatic heterocycles. The molecule has 1 aromatic rings. The van der Waals surface area contributed by atoms with E-state index in [0.29, 0.717) is 5.56 Å². The van der Waals surface area contributed by atoms with E-state index in [-0.39, 0.29) is 13.0 Å². The van der Waals surface area contributed by atoms with Gasteiger partial charge in [0.2, 0.25) is 5.91 Å². The second-order valence-corrected chi connectivity index (χ2v) is 4.27. The van der Waals surface area contributed by atoms with Crippen LogP contribution in [0.4, 0.5) is 4.39 Å². The number of esters is 1. The van der Waals surface area contributed by atoms with Gasteiger partial charge in [-0.2, -0.15) is 0 Å². The van der Waals surface area contributed by atoms with E-state index in [2.05, 4.69) is 10.1 Å². The van der Waals surface area contributed by atoms with Gasteiger partial charge in [0.15, 0.2) is 0 Å². The molecule has 0 bridgehead atoms. The summed E-state index contributed by atoms with van der Waals surface area (Å²) < 4.78 is 17.6. The summed E-state index contributed by atoms with van der Waals surface area (Å²) in [6.45, 7) is 1.72. The standard InChI is InChI=1S/C14H16FNO5/c1-2-21-13(18)8-11(14(19)20)16-12(17)7-9-4-3-5-10(15)6-9/h3-6,11H,2,7-8H2,1H3,(H,16,17)(H,19,20)/t11-/m1/s1. The van der Waals surface area contributed by atoms with Crippen molar-refractivity contribution in [2.75, 3.05) is 6.61 Å². The Morgan fingerprint density at radius 3 is 2.67 bits per heavy atom. The molecule has 0 saturated carbocycles. The van der Waals surface area contributed by atoms with Crippen LogP contribution in [0.1, 0.15) is 18.9 Å². The normalized spacial score (nSPS) is 11.5. The van der Waals surface area contributed by atoms with Crippen molar-refractivity contribution < 1.29 is 28.6 Å². The van der Waals surface area contributed by atoms with E-state index in [4.69, 9.17) is 5.11 Å². The topological polar surface area (TPSA) is 92.7 Å². The second-order valence-electron chi connectivity index (χ2n) is 4.27. The fraction of sp³-hybridized carbons (Fsp3) is 0.357. The number of aliphatic carboxylic acids is 1. The van der Waals surface area contributed by atoms with Gasteiger partial charge in [0.05, 0.1) is 19.4 Å². The summed E-state index contributed by atoms with van der Waals surface area (Å²) in [4.78, 5) is 34.0. The molecule has 0 saturated heterocycles. The number of amides is 1. The highest BCUT2D eigenvalue weighted by molar-refractivity contribution is 5.88. The van der Waals surface area contributed by atoms with E-state index in [0.717, 1.165) is 0 Å². The summed E-state index contributed by atoms with van der Waals surface area (Å²) in [6.07, 6.45) is -0.636. The Bertz CT molecular complexity index is 532. The predicted molar refractivity (Wildman–Crippen MR) is 70.9 cm³/mol. The Kier molecular flexibility index (Phi) is 6.32. The maximum absolute atomic E-state index is 13.0. The van der Waals surface area contributed by atoms with Crippen LogP contribution in [0.2, 0.25) is 0 Å². The number of carbonyl (C=O) groups is 3. The van der Waals surface area contributed by atoms with Crippen LogP contribution in [-0.4, -0.2) is 35.6 Å². The molecule has 1 rings (SSSR count). The summed E-state index contributed by atoms with van der Waals surface area (Å²) >= 11 is 0. The first kappa shape index (κ1) is 16.6. The summed E-state index contributed by atoms with van der Waals surface area (Å²) in [5, 5.41) is 11.2. The summed E-state index contributed by atoms with van der Waals surface area (Å²) in [5.74, 6) is -3.15. The van der Waals surface area contributed by atoms with Gasteiger partial charge < -0.3 is 15.2 Å². The Hall–Kier alpha value is -2.44. The van der Waals surface area contributed by atoms with Crippen LogP contribution in [0, 0.1) is 5.82 Å². The van der Waals surface area contributed by atoms with Gasteiger partial charge in [0.25, 0.3) is 0 Å². The van der Waals surface area contributed by atoms with Gasteiger partial charge in [-0.25, -0.2) is 9.18 Å². The van der Waals surface area contributed by atoms with E-state index in [1.807, 2.05) is 0 Å². The molecule has 0 fully saturated rings. The molecule has 6 nitrogen and oxygen atoms in total. The van der Waals surface area contributed by atoms with E-state index < -0.39 is 36.1 Å². The molecule has 0 radical (unpaired) electrons. The van der Waals surface area contributed by atoms with E-state index >= 15 is 0 Å². The lowest BCUT2D eigenvalue weighted by atomic mass is 10.1. The smallest absolute Gasteiger partial charge is 0.326 e. The first-order valence-electron chi connectivity index (χ1n) is 6.34. The highest BCUT2D eigenvalue weighted by Crippen LogP contribution is 2.05. The Labute approximate surface area is 120 Å². The average Bonchev–Trinajstić information content (AvgIpc) is 2.38. The molecule has 0 aliphatic rings. The Morgan fingerprint density at radius 2 is 2.10 bits per heavy atom. The second kappa shape index (κ2) is 7.98. The molecular weight excluding hydrogens is 281 g/mol. The number of hydrogen-bond donors (Lipinski definition) is 2. The van der Waals surface area contributed by atoms with Crippen molar-refractivity contribution in [1.82, 2.24) is 5.32 Å². The summed E-state index contributed by atoms with van der Waals surface area (Å²) in [6, 6.07) is 4.04. The van der Waals surface area contributed by atoms with Crippen LogP contribution in [0.3, 0.4) is 0 Å². The molecule has 2 N–H and O–H groups in total. The molecule has 0 aromatic heterocycles. The van der Waals surface area contributed by atoms with Gasteiger partial charge in [-0.15, -0.1) is 0 Å². The number of carboxylic acids is 1. The molecule has 7 heteroatoms. The van der Waals surface area contributed by atoms with Crippen molar-refractivity contribution >= 4 is 17.8 Å². The van der Waals surface area contributed by atoms with Crippen LogP contribution >= 0.6 is 0 Å². The largest absolute Gasteiger partial charge is 0.480 e. The van der Waals surface area contributed by atoms with E-state index in [9.17, 15) is 18.8 Å². The Balaban J connectivity index is 2.60. The van der Waals surface area contributed by atoms with Gasteiger partial charge in [-0.3, -0.25) is 9.59 Å². The molecule has 0 spiro atoms. The van der Waals surface area contributed by atoms with Crippen LogP contribution in [0.5, 0.6) is 0 Å². The van der Waals surface area contributed by atoms with Crippen molar-refractivity contribution in [3.05, 3.63) is 35.6 Å².